The average Bonchev–Trinajstić information content (AvgIpc) is 2.33. The standard InChI is InChI=1S/C6H12O9S/c7-1-3(9)5(10)6(11)4(2-8)15-16(12,13)14/h2-7,9-11H,1H2,(H,12,13,14)/t3-,4+,5-,6-/m1/s1/i/hD. The van der Waals surface area contributed by atoms with Crippen LogP contribution in [0.25, 0.3) is 1.43 Å². The molecule has 0 aromatic heterocycles. The first-order valence-electron chi connectivity index (χ1n) is 4.38. The molecule has 0 bridgehead atoms. The van der Waals surface area contributed by atoms with Crippen LogP contribution in [0.15, 0.2) is 0 Å². The molecule has 0 aromatic rings. The first kappa shape index (κ1) is 13.4. The second-order valence-corrected chi connectivity index (χ2v) is 3.85. The van der Waals surface area contributed by atoms with Gasteiger partial charge in [-0.25, -0.2) is 4.18 Å². The Labute approximate surface area is 92.3 Å². The average molecular weight is 261 g/mol. The molecule has 0 radical (unpaired) electrons. The van der Waals surface area contributed by atoms with E-state index >= 15 is 0 Å². The van der Waals surface area contributed by atoms with E-state index < -0.39 is 41.4 Å². The van der Waals surface area contributed by atoms with Gasteiger partial charge in [-0.2, -0.15) is 8.42 Å². The van der Waals surface area contributed by atoms with Crippen molar-refractivity contribution in [2.75, 3.05) is 6.61 Å². The first-order chi connectivity index (χ1) is 7.79. The van der Waals surface area contributed by atoms with E-state index in [1.54, 1.807) is 0 Å². The van der Waals surface area contributed by atoms with Crippen LogP contribution in [0, 0.1) is 0 Å². The number of aliphatic hydroxyl groups excluding tert-OH is 4. The lowest BCUT2D eigenvalue weighted by Gasteiger charge is -2.24. The van der Waals surface area contributed by atoms with Gasteiger partial charge in [0.15, 0.2) is 12.4 Å². The van der Waals surface area contributed by atoms with Crippen LogP contribution in [0.4, 0.5) is 0 Å². The second-order valence-electron chi connectivity index (χ2n) is 2.84. The Kier molecular flexibility index (Phi) is 5.21. The third kappa shape index (κ3) is 4.94. The highest BCUT2D eigenvalue weighted by atomic mass is 32.3. The zero-order valence-corrected chi connectivity index (χ0v) is 8.65. The summed E-state index contributed by atoms with van der Waals surface area (Å²) in [5.74, 6) is 0. The van der Waals surface area contributed by atoms with Gasteiger partial charge in [-0.05, 0) is 0 Å². The van der Waals surface area contributed by atoms with Crippen molar-refractivity contribution in [2.24, 2.45) is 0 Å². The maximum Gasteiger partial charge on any atom is 0.398 e. The molecule has 0 spiro atoms. The summed E-state index contributed by atoms with van der Waals surface area (Å²) in [7, 11) is -4.82. The molecule has 9 nitrogen and oxygen atoms in total. The van der Waals surface area contributed by atoms with E-state index in [0.717, 1.165) is 0 Å². The third-order valence-electron chi connectivity index (χ3n) is 1.63. The topological polar surface area (TPSA) is 162 Å². The van der Waals surface area contributed by atoms with Gasteiger partial charge < -0.3 is 25.2 Å². The molecule has 0 amide bonds. The van der Waals surface area contributed by atoms with E-state index in [-0.39, 0.29) is 6.29 Å². The highest BCUT2D eigenvalue weighted by molar-refractivity contribution is 7.80. The van der Waals surface area contributed by atoms with E-state index in [4.69, 9.17) is 11.6 Å². The van der Waals surface area contributed by atoms with Gasteiger partial charge in [0.25, 0.3) is 0 Å². The fourth-order valence-corrected chi connectivity index (χ4v) is 1.26. The summed E-state index contributed by atoms with van der Waals surface area (Å²) in [5.41, 5.74) is 0. The van der Waals surface area contributed by atoms with E-state index in [0.29, 0.717) is 0 Å². The monoisotopic (exact) mass is 261 g/mol. The molecule has 10 heteroatoms. The van der Waals surface area contributed by atoms with Crippen LogP contribution in [-0.2, 0) is 19.4 Å². The summed E-state index contributed by atoms with van der Waals surface area (Å²) in [6.07, 6.45) is -8.19. The Morgan fingerprint density at radius 3 is 2.25 bits per heavy atom. The Morgan fingerprint density at radius 2 is 1.88 bits per heavy atom. The number of aldehydes is 1. The Hall–Kier alpha value is -0.620. The summed E-state index contributed by atoms with van der Waals surface area (Å²) < 4.78 is 34.4. The number of carbonyl (C=O) groups excluding carboxylic acids is 1. The van der Waals surface area contributed by atoms with Crippen LogP contribution >= 0.6 is 0 Å². The van der Waals surface area contributed by atoms with Crippen molar-refractivity contribution in [2.45, 2.75) is 24.4 Å². The minimum Gasteiger partial charge on any atom is -0.394 e. The molecule has 16 heavy (non-hydrogen) atoms. The summed E-state index contributed by atoms with van der Waals surface area (Å²) in [6, 6.07) is 0. The highest BCUT2D eigenvalue weighted by Gasteiger charge is 2.34. The van der Waals surface area contributed by atoms with Gasteiger partial charge in [-0.1, -0.05) is 0 Å². The lowest BCUT2D eigenvalue weighted by Crippen LogP contribution is -2.47. The fraction of sp³-hybridized carbons (Fsp3) is 0.833. The van der Waals surface area contributed by atoms with Gasteiger partial charge >= 0.3 is 10.4 Å². The molecular weight excluding hydrogens is 248 g/mol. The maximum atomic E-state index is 10.6. The molecule has 0 saturated heterocycles. The molecular formula is C6H12O9S. The van der Waals surface area contributed by atoms with Crippen molar-refractivity contribution >= 4 is 16.7 Å². The van der Waals surface area contributed by atoms with Crippen molar-refractivity contribution < 1.29 is 42.4 Å². The smallest absolute Gasteiger partial charge is 0.394 e. The van der Waals surface area contributed by atoms with Crippen LogP contribution in [0.1, 0.15) is 0 Å². The van der Waals surface area contributed by atoms with Gasteiger partial charge in [0.1, 0.15) is 18.3 Å². The lowest BCUT2D eigenvalue weighted by molar-refractivity contribution is -0.133. The summed E-state index contributed by atoms with van der Waals surface area (Å²) in [6.45, 7) is -0.925. The molecule has 0 heterocycles. The lowest BCUT2D eigenvalue weighted by atomic mass is 10.0. The van der Waals surface area contributed by atoms with Crippen LogP contribution in [0.5, 0.6) is 0 Å². The summed E-state index contributed by atoms with van der Waals surface area (Å²) in [4.78, 5) is 10.4. The molecule has 0 aliphatic rings. The van der Waals surface area contributed by atoms with Gasteiger partial charge in [-0.15, -0.1) is 0 Å². The molecule has 96 valence electrons. The van der Waals surface area contributed by atoms with Gasteiger partial charge in [0.05, 0.1) is 6.61 Å². The molecule has 0 fully saturated rings. The van der Waals surface area contributed by atoms with Crippen molar-refractivity contribution in [3.8, 4) is 0 Å². The normalized spacial score (nSPS) is 20.6. The zero-order chi connectivity index (χ0) is 13.6. The minimum absolute atomic E-state index is 0.172. The fourth-order valence-electron chi connectivity index (χ4n) is 0.826. The van der Waals surface area contributed by atoms with Crippen molar-refractivity contribution in [1.82, 2.24) is 0 Å². The van der Waals surface area contributed by atoms with Gasteiger partial charge in [0, 0.05) is 0 Å². The quantitative estimate of drug-likeness (QED) is 0.220. The Balaban J connectivity index is 4.72. The van der Waals surface area contributed by atoms with E-state index in [1.165, 1.54) is 0 Å². The van der Waals surface area contributed by atoms with Crippen LogP contribution < -0.4 is 0 Å². The van der Waals surface area contributed by atoms with Crippen LogP contribution in [0.3, 0.4) is 0 Å². The number of hydrogen-bond acceptors (Lipinski definition) is 9. The highest BCUT2D eigenvalue weighted by Crippen LogP contribution is 2.08. The molecule has 0 unspecified atom stereocenters. The number of aliphatic hydroxyl groups is 4. The van der Waals surface area contributed by atoms with Crippen molar-refractivity contribution in [3.05, 3.63) is 0 Å². The first-order valence-corrected chi connectivity index (χ1v) is 5.30. The zero-order valence-electron chi connectivity index (χ0n) is 8.83. The molecule has 0 aliphatic heterocycles. The van der Waals surface area contributed by atoms with Crippen molar-refractivity contribution in [3.63, 3.8) is 0 Å². The summed E-state index contributed by atoms with van der Waals surface area (Å²) >= 11 is 0. The molecule has 0 saturated carbocycles. The van der Waals surface area contributed by atoms with Crippen molar-refractivity contribution in [1.29, 1.82) is 1.43 Å². The third-order valence-corrected chi connectivity index (χ3v) is 2.09. The molecule has 4 atom stereocenters. The predicted octanol–water partition coefficient (Wildman–Crippen LogP) is -3.55. The largest absolute Gasteiger partial charge is 0.398 e. The summed E-state index contributed by atoms with van der Waals surface area (Å²) in [5, 5.41) is 35.9. The Morgan fingerprint density at radius 1 is 1.31 bits per heavy atom. The van der Waals surface area contributed by atoms with Gasteiger partial charge in [0.2, 0.25) is 1.43 Å². The van der Waals surface area contributed by atoms with Crippen LogP contribution in [0.2, 0.25) is 0 Å². The molecule has 5 N–H and O–H groups in total. The van der Waals surface area contributed by atoms with Crippen LogP contribution in [-0.4, -0.2) is 70.7 Å². The van der Waals surface area contributed by atoms with E-state index in [1.807, 2.05) is 0 Å². The second kappa shape index (κ2) is 6.20. The van der Waals surface area contributed by atoms with Gasteiger partial charge in [-0.3, -0.25) is 4.56 Å². The maximum absolute atomic E-state index is 10.6. The molecule has 0 aliphatic carbocycles. The molecule has 0 rings (SSSR count). The molecule has 0 aromatic carbocycles. The number of rotatable bonds is 8. The minimum atomic E-state index is -4.82. The number of carbonyl (C=O) groups is 1. The SMILES string of the molecule is [2H]OS(=O)(=O)O[C@@H](C=O)[C@@H](O)[C@H](O)[C@H](O)CO. The number of hydrogen-bond donors (Lipinski definition) is 5. The van der Waals surface area contributed by atoms with E-state index in [9.17, 15) is 23.4 Å². The predicted molar refractivity (Wildman–Crippen MR) is 47.6 cm³/mol. The Bertz CT molecular complexity index is 330. The van der Waals surface area contributed by atoms with E-state index in [2.05, 4.69) is 8.74 Å².